The Kier molecular flexibility index (Phi) is 6.54. The van der Waals surface area contributed by atoms with Gasteiger partial charge in [-0.2, -0.15) is 0 Å². The summed E-state index contributed by atoms with van der Waals surface area (Å²) in [5, 5.41) is 2.91. The molecular formula is C16H24N2O4S2. The molecule has 0 bridgehead atoms. The highest BCUT2D eigenvalue weighted by atomic mass is 32.2. The molecule has 1 amide bonds. The van der Waals surface area contributed by atoms with Crippen molar-refractivity contribution in [3.8, 4) is 0 Å². The van der Waals surface area contributed by atoms with Gasteiger partial charge in [0.05, 0.1) is 10.6 Å². The fourth-order valence-corrected chi connectivity index (χ4v) is 4.66. The van der Waals surface area contributed by atoms with Crippen molar-refractivity contribution >= 4 is 33.1 Å². The summed E-state index contributed by atoms with van der Waals surface area (Å²) in [7, 11) is -3.15. The first-order chi connectivity index (χ1) is 11.3. The fraction of sp³-hybridized carbons (Fsp3) is 0.625. The van der Waals surface area contributed by atoms with E-state index in [4.69, 9.17) is 0 Å². The lowest BCUT2D eigenvalue weighted by Gasteiger charge is -2.31. The molecule has 1 aromatic heterocycles. The molecule has 134 valence electrons. The summed E-state index contributed by atoms with van der Waals surface area (Å²) in [6.45, 7) is 4.46. The smallest absolute Gasteiger partial charge is 0.220 e. The van der Waals surface area contributed by atoms with Crippen LogP contribution in [0, 0.1) is 6.92 Å². The van der Waals surface area contributed by atoms with Gasteiger partial charge in [-0.05, 0) is 38.8 Å². The third kappa shape index (κ3) is 5.12. The van der Waals surface area contributed by atoms with Crippen LogP contribution < -0.4 is 5.32 Å². The number of rotatable bonds is 7. The number of hydrogen-bond donors (Lipinski definition) is 1. The molecule has 1 aliphatic rings. The zero-order chi connectivity index (χ0) is 17.7. The maximum absolute atomic E-state index is 12.0. The lowest BCUT2D eigenvalue weighted by atomic mass is 10.1. The van der Waals surface area contributed by atoms with Crippen molar-refractivity contribution in [3.63, 3.8) is 0 Å². The summed E-state index contributed by atoms with van der Waals surface area (Å²) in [6.07, 6.45) is 1.60. The van der Waals surface area contributed by atoms with Gasteiger partial charge in [0.1, 0.15) is 0 Å². The van der Waals surface area contributed by atoms with Gasteiger partial charge in [-0.25, -0.2) is 12.7 Å². The Morgan fingerprint density at radius 3 is 2.46 bits per heavy atom. The van der Waals surface area contributed by atoms with Crippen LogP contribution in [0.4, 0.5) is 0 Å². The maximum Gasteiger partial charge on any atom is 0.220 e. The summed E-state index contributed by atoms with van der Waals surface area (Å²) in [5.41, 5.74) is 0. The minimum Gasteiger partial charge on any atom is -0.353 e. The van der Waals surface area contributed by atoms with Crippen LogP contribution in [0.5, 0.6) is 0 Å². The van der Waals surface area contributed by atoms with Crippen molar-refractivity contribution in [1.82, 2.24) is 9.62 Å². The van der Waals surface area contributed by atoms with Crippen molar-refractivity contribution in [1.29, 1.82) is 0 Å². The number of carbonyl (C=O) groups excluding carboxylic acids is 2. The number of carbonyl (C=O) groups is 2. The number of nitrogens with zero attached hydrogens (tertiary/aromatic N) is 1. The van der Waals surface area contributed by atoms with E-state index in [1.807, 2.05) is 13.0 Å². The number of nitrogens with one attached hydrogen (secondary N) is 1. The van der Waals surface area contributed by atoms with Gasteiger partial charge in [0.25, 0.3) is 0 Å². The predicted molar refractivity (Wildman–Crippen MR) is 94.8 cm³/mol. The van der Waals surface area contributed by atoms with Gasteiger partial charge in [0.15, 0.2) is 5.78 Å². The van der Waals surface area contributed by atoms with E-state index < -0.39 is 10.0 Å². The van der Waals surface area contributed by atoms with Gasteiger partial charge in [-0.1, -0.05) is 0 Å². The second-order valence-corrected chi connectivity index (χ2v) is 9.52. The van der Waals surface area contributed by atoms with E-state index in [0.29, 0.717) is 30.8 Å². The molecule has 0 unspecified atom stereocenters. The van der Waals surface area contributed by atoms with E-state index in [0.717, 1.165) is 4.88 Å². The predicted octanol–water partition coefficient (Wildman–Crippen LogP) is 1.95. The molecular weight excluding hydrogens is 348 g/mol. The Morgan fingerprint density at radius 2 is 1.92 bits per heavy atom. The van der Waals surface area contributed by atoms with E-state index in [1.165, 1.54) is 15.6 Å². The molecule has 1 fully saturated rings. The van der Waals surface area contributed by atoms with Crippen molar-refractivity contribution in [2.45, 2.75) is 45.6 Å². The van der Waals surface area contributed by atoms with Gasteiger partial charge in [-0.3, -0.25) is 9.59 Å². The third-order valence-electron chi connectivity index (χ3n) is 4.17. The van der Waals surface area contributed by atoms with Crippen molar-refractivity contribution in [3.05, 3.63) is 21.9 Å². The maximum atomic E-state index is 12.0. The molecule has 1 aromatic rings. The molecule has 2 rings (SSSR count). The van der Waals surface area contributed by atoms with Gasteiger partial charge in [0.2, 0.25) is 15.9 Å². The van der Waals surface area contributed by atoms with E-state index in [9.17, 15) is 18.0 Å². The quantitative estimate of drug-likeness (QED) is 0.742. The number of Topliss-reactive ketones (excluding diaryl/α,β-unsaturated/α-hetero) is 1. The molecule has 0 radical (unpaired) electrons. The lowest BCUT2D eigenvalue weighted by molar-refractivity contribution is -0.122. The van der Waals surface area contributed by atoms with Crippen LogP contribution in [0.15, 0.2) is 12.1 Å². The highest BCUT2D eigenvalue weighted by Gasteiger charge is 2.27. The third-order valence-corrected chi connectivity index (χ3v) is 7.09. The Bertz CT molecular complexity index is 689. The summed E-state index contributed by atoms with van der Waals surface area (Å²) in [4.78, 5) is 25.8. The molecule has 1 aliphatic heterocycles. The first-order valence-electron chi connectivity index (χ1n) is 8.18. The molecule has 0 aromatic carbocycles. The number of piperidine rings is 1. The first kappa shape index (κ1) is 19.1. The topological polar surface area (TPSA) is 83.6 Å². The van der Waals surface area contributed by atoms with Crippen molar-refractivity contribution < 1.29 is 18.0 Å². The van der Waals surface area contributed by atoms with Gasteiger partial charge in [-0.15, -0.1) is 11.3 Å². The number of amides is 1. The Hall–Kier alpha value is -1.25. The van der Waals surface area contributed by atoms with Crippen LogP contribution in [0.2, 0.25) is 0 Å². The molecule has 0 saturated carbocycles. The highest BCUT2D eigenvalue weighted by Crippen LogP contribution is 2.18. The Morgan fingerprint density at radius 1 is 1.25 bits per heavy atom. The summed E-state index contributed by atoms with van der Waals surface area (Å²) >= 11 is 1.44. The number of hydrogen-bond acceptors (Lipinski definition) is 5. The van der Waals surface area contributed by atoms with E-state index in [2.05, 4.69) is 5.32 Å². The van der Waals surface area contributed by atoms with Gasteiger partial charge >= 0.3 is 0 Å². The van der Waals surface area contributed by atoms with Crippen LogP contribution in [0.1, 0.15) is 47.2 Å². The average molecular weight is 373 g/mol. The van der Waals surface area contributed by atoms with E-state index in [1.54, 1.807) is 13.0 Å². The van der Waals surface area contributed by atoms with Crippen LogP contribution in [0.25, 0.3) is 0 Å². The van der Waals surface area contributed by atoms with Crippen LogP contribution >= 0.6 is 11.3 Å². The molecule has 8 heteroatoms. The number of ketones is 1. The molecule has 1 N–H and O–H groups in total. The Labute approximate surface area is 147 Å². The second kappa shape index (κ2) is 8.22. The number of thiophene rings is 1. The van der Waals surface area contributed by atoms with Crippen LogP contribution in [-0.4, -0.2) is 49.3 Å². The zero-order valence-corrected chi connectivity index (χ0v) is 15.7. The number of aryl methyl sites for hydroxylation is 1. The fourth-order valence-electron chi connectivity index (χ4n) is 2.70. The van der Waals surface area contributed by atoms with Gasteiger partial charge in [0, 0.05) is 36.9 Å². The molecule has 2 heterocycles. The average Bonchev–Trinajstić information content (AvgIpc) is 2.99. The monoisotopic (exact) mass is 372 g/mol. The second-order valence-electron chi connectivity index (χ2n) is 5.97. The van der Waals surface area contributed by atoms with E-state index in [-0.39, 0.29) is 36.3 Å². The standard InChI is InChI=1S/C16H24N2O4S2/c1-3-24(21,22)18-10-8-13(9-11-18)17-16(20)7-5-14(19)15-6-4-12(2)23-15/h4,6,13H,3,5,7-11H2,1-2H3,(H,17,20). The normalized spacial score (nSPS) is 16.9. The minimum atomic E-state index is -3.15. The molecule has 6 nitrogen and oxygen atoms in total. The van der Waals surface area contributed by atoms with Crippen molar-refractivity contribution in [2.24, 2.45) is 0 Å². The number of sulfonamides is 1. The first-order valence-corrected chi connectivity index (χ1v) is 10.6. The molecule has 0 atom stereocenters. The van der Waals surface area contributed by atoms with E-state index >= 15 is 0 Å². The molecule has 0 aliphatic carbocycles. The minimum absolute atomic E-state index is 0.00731. The highest BCUT2D eigenvalue weighted by molar-refractivity contribution is 7.89. The summed E-state index contributed by atoms with van der Waals surface area (Å²) < 4.78 is 25.1. The van der Waals surface area contributed by atoms with Crippen LogP contribution in [-0.2, 0) is 14.8 Å². The molecule has 24 heavy (non-hydrogen) atoms. The summed E-state index contributed by atoms with van der Waals surface area (Å²) in [6, 6.07) is 3.68. The zero-order valence-electron chi connectivity index (χ0n) is 14.1. The lowest BCUT2D eigenvalue weighted by Crippen LogP contribution is -2.46. The largest absolute Gasteiger partial charge is 0.353 e. The SMILES string of the molecule is CCS(=O)(=O)N1CCC(NC(=O)CCC(=O)c2ccc(C)s2)CC1. The van der Waals surface area contributed by atoms with Crippen LogP contribution in [0.3, 0.4) is 0 Å². The van der Waals surface area contributed by atoms with Crippen molar-refractivity contribution in [2.75, 3.05) is 18.8 Å². The Balaban J connectivity index is 1.73. The molecule has 1 saturated heterocycles. The van der Waals surface area contributed by atoms with Gasteiger partial charge < -0.3 is 5.32 Å². The molecule has 0 spiro atoms. The summed E-state index contributed by atoms with van der Waals surface area (Å²) in [5.74, 6) is -0.0468.